The molecule has 0 saturated heterocycles. The number of carbonyl (C=O) groups is 5. The first-order valence-electron chi connectivity index (χ1n) is 8.14. The summed E-state index contributed by atoms with van der Waals surface area (Å²) in [5, 5.41) is 4.90. The average Bonchev–Trinajstić information content (AvgIpc) is 2.68. The highest BCUT2D eigenvalue weighted by Gasteiger charge is 2.38. The van der Waals surface area contributed by atoms with E-state index in [2.05, 4.69) is 24.8 Å². The standard InChI is InChI=1S/C18H22N2O8/c1-10(21)19-12-7-5-6-11(8-12)16(23)20-15(18(25)28-4)13(17(24)27-3)9-14(22)26-2/h5-8,13,15H,9H2,1-4H3,(H,19,21)(H,20,23)/t13-,15+/m0/s1. The Hall–Kier alpha value is -3.43. The summed E-state index contributed by atoms with van der Waals surface area (Å²) in [5.74, 6) is -5.01. The zero-order valence-corrected chi connectivity index (χ0v) is 15.9. The van der Waals surface area contributed by atoms with Crippen LogP contribution in [0.15, 0.2) is 24.3 Å². The molecular weight excluding hydrogens is 372 g/mol. The smallest absolute Gasteiger partial charge is 0.329 e. The van der Waals surface area contributed by atoms with E-state index in [0.717, 1.165) is 21.3 Å². The molecule has 2 N–H and O–H groups in total. The number of nitrogens with one attached hydrogen (secondary N) is 2. The van der Waals surface area contributed by atoms with Crippen molar-refractivity contribution in [1.82, 2.24) is 5.32 Å². The molecule has 1 rings (SSSR count). The summed E-state index contributed by atoms with van der Waals surface area (Å²) in [4.78, 5) is 59.6. The Kier molecular flexibility index (Phi) is 8.60. The summed E-state index contributed by atoms with van der Waals surface area (Å²) in [6.07, 6.45) is -0.505. The largest absolute Gasteiger partial charge is 0.469 e. The maximum atomic E-state index is 12.6. The van der Waals surface area contributed by atoms with Crippen LogP contribution in [0.1, 0.15) is 23.7 Å². The fourth-order valence-electron chi connectivity index (χ4n) is 2.37. The van der Waals surface area contributed by atoms with E-state index in [1.54, 1.807) is 6.07 Å². The monoisotopic (exact) mass is 394 g/mol. The summed E-state index contributed by atoms with van der Waals surface area (Å²) in [7, 11) is 3.28. The van der Waals surface area contributed by atoms with Gasteiger partial charge in [0.25, 0.3) is 5.91 Å². The highest BCUT2D eigenvalue weighted by Crippen LogP contribution is 2.16. The normalized spacial score (nSPS) is 12.1. The van der Waals surface area contributed by atoms with Crippen molar-refractivity contribution < 1.29 is 38.2 Å². The van der Waals surface area contributed by atoms with Crippen molar-refractivity contribution >= 4 is 35.4 Å². The van der Waals surface area contributed by atoms with Crippen molar-refractivity contribution in [3.8, 4) is 0 Å². The van der Waals surface area contributed by atoms with Gasteiger partial charge in [-0.25, -0.2) is 4.79 Å². The second-order valence-electron chi connectivity index (χ2n) is 5.65. The molecule has 10 nitrogen and oxygen atoms in total. The van der Waals surface area contributed by atoms with Gasteiger partial charge in [-0.05, 0) is 18.2 Å². The van der Waals surface area contributed by atoms with Crippen LogP contribution in [0.3, 0.4) is 0 Å². The van der Waals surface area contributed by atoms with Crippen molar-refractivity contribution in [3.63, 3.8) is 0 Å². The predicted molar refractivity (Wildman–Crippen MR) is 96.2 cm³/mol. The number of methoxy groups -OCH3 is 3. The molecule has 10 heteroatoms. The topological polar surface area (TPSA) is 137 Å². The maximum absolute atomic E-state index is 12.6. The Bertz CT molecular complexity index is 762. The first-order chi connectivity index (χ1) is 13.2. The minimum Gasteiger partial charge on any atom is -0.469 e. The van der Waals surface area contributed by atoms with Crippen LogP contribution in [0.25, 0.3) is 0 Å². The predicted octanol–water partition coefficient (Wildman–Crippen LogP) is 0.269. The molecule has 1 aromatic carbocycles. The van der Waals surface area contributed by atoms with Crippen LogP contribution in [-0.4, -0.2) is 57.1 Å². The molecule has 0 aromatic heterocycles. The van der Waals surface area contributed by atoms with E-state index < -0.39 is 42.2 Å². The van der Waals surface area contributed by atoms with Gasteiger partial charge in [0.1, 0.15) is 6.04 Å². The number of carbonyl (C=O) groups excluding carboxylic acids is 5. The lowest BCUT2D eigenvalue weighted by Gasteiger charge is -2.23. The minimum atomic E-state index is -1.49. The van der Waals surface area contributed by atoms with E-state index in [9.17, 15) is 24.0 Å². The van der Waals surface area contributed by atoms with Gasteiger partial charge in [0, 0.05) is 18.2 Å². The Balaban J connectivity index is 3.14. The second-order valence-corrected chi connectivity index (χ2v) is 5.65. The van der Waals surface area contributed by atoms with Gasteiger partial charge in [-0.1, -0.05) is 6.07 Å². The second kappa shape index (κ2) is 10.7. The minimum absolute atomic E-state index is 0.113. The number of anilines is 1. The zero-order chi connectivity index (χ0) is 21.3. The molecule has 0 aliphatic heterocycles. The molecule has 0 aliphatic carbocycles. The third kappa shape index (κ3) is 6.38. The number of ether oxygens (including phenoxy) is 3. The van der Waals surface area contributed by atoms with Gasteiger partial charge < -0.3 is 24.8 Å². The van der Waals surface area contributed by atoms with E-state index in [1.807, 2.05) is 0 Å². The van der Waals surface area contributed by atoms with Crippen molar-refractivity contribution in [2.75, 3.05) is 26.6 Å². The van der Waals surface area contributed by atoms with E-state index >= 15 is 0 Å². The van der Waals surface area contributed by atoms with Gasteiger partial charge in [0.2, 0.25) is 5.91 Å². The highest BCUT2D eigenvalue weighted by molar-refractivity contribution is 6.00. The van der Waals surface area contributed by atoms with Crippen molar-refractivity contribution in [2.45, 2.75) is 19.4 Å². The third-order valence-corrected chi connectivity index (χ3v) is 3.71. The summed E-state index contributed by atoms with van der Waals surface area (Å²) < 4.78 is 13.8. The molecule has 0 fully saturated rings. The fraction of sp³-hybridized carbons (Fsp3) is 0.389. The lowest BCUT2D eigenvalue weighted by atomic mass is 9.95. The van der Waals surface area contributed by atoms with Crippen LogP contribution >= 0.6 is 0 Å². The Morgan fingerprint density at radius 3 is 2.14 bits per heavy atom. The summed E-state index contributed by atoms with van der Waals surface area (Å²) in [6, 6.07) is 4.44. The third-order valence-electron chi connectivity index (χ3n) is 3.71. The average molecular weight is 394 g/mol. The Morgan fingerprint density at radius 1 is 0.964 bits per heavy atom. The molecule has 0 bridgehead atoms. The molecule has 0 heterocycles. The van der Waals surface area contributed by atoms with Crippen LogP contribution in [0.2, 0.25) is 0 Å². The molecule has 2 atom stereocenters. The SMILES string of the molecule is COC(=O)C[C@H](C(=O)OC)[C@@H](NC(=O)c1cccc(NC(C)=O)c1)C(=O)OC. The number of esters is 3. The number of benzene rings is 1. The molecule has 0 radical (unpaired) electrons. The van der Waals surface area contributed by atoms with Crippen molar-refractivity contribution in [3.05, 3.63) is 29.8 Å². The van der Waals surface area contributed by atoms with Gasteiger partial charge in [-0.15, -0.1) is 0 Å². The molecule has 28 heavy (non-hydrogen) atoms. The molecule has 0 aliphatic rings. The highest BCUT2D eigenvalue weighted by atomic mass is 16.5. The Labute approximate surface area is 161 Å². The number of hydrogen-bond donors (Lipinski definition) is 2. The van der Waals surface area contributed by atoms with Gasteiger partial charge >= 0.3 is 17.9 Å². The number of hydrogen-bond acceptors (Lipinski definition) is 8. The molecular formula is C18H22N2O8. The van der Waals surface area contributed by atoms with Gasteiger partial charge in [-0.3, -0.25) is 19.2 Å². The first kappa shape index (κ1) is 22.6. The van der Waals surface area contributed by atoms with E-state index in [4.69, 9.17) is 0 Å². The van der Waals surface area contributed by atoms with Crippen molar-refractivity contribution in [2.24, 2.45) is 5.92 Å². The summed E-state index contributed by atoms with van der Waals surface area (Å²) >= 11 is 0. The summed E-state index contributed by atoms with van der Waals surface area (Å²) in [6.45, 7) is 1.31. The molecule has 152 valence electrons. The molecule has 2 amide bonds. The zero-order valence-electron chi connectivity index (χ0n) is 15.9. The summed E-state index contributed by atoms with van der Waals surface area (Å²) in [5.41, 5.74) is 0.482. The fourth-order valence-corrected chi connectivity index (χ4v) is 2.37. The van der Waals surface area contributed by atoms with Gasteiger partial charge in [0.05, 0.1) is 33.7 Å². The van der Waals surface area contributed by atoms with E-state index in [0.29, 0.717) is 5.69 Å². The molecule has 0 spiro atoms. The van der Waals surface area contributed by atoms with Crippen molar-refractivity contribution in [1.29, 1.82) is 0 Å². The van der Waals surface area contributed by atoms with Gasteiger partial charge in [-0.2, -0.15) is 0 Å². The van der Waals surface area contributed by atoms with Crippen LogP contribution in [-0.2, 0) is 33.4 Å². The van der Waals surface area contributed by atoms with Gasteiger partial charge in [0.15, 0.2) is 0 Å². The van der Waals surface area contributed by atoms with E-state index in [-0.39, 0.29) is 11.5 Å². The quantitative estimate of drug-likeness (QED) is 0.473. The molecule has 1 aromatic rings. The number of amides is 2. The first-order valence-corrected chi connectivity index (χ1v) is 8.14. The lowest BCUT2D eigenvalue weighted by Crippen LogP contribution is -2.50. The molecule has 0 unspecified atom stereocenters. The molecule has 0 saturated carbocycles. The van der Waals surface area contributed by atoms with Crippen LogP contribution < -0.4 is 10.6 Å². The van der Waals surface area contributed by atoms with Crippen LogP contribution in [0.4, 0.5) is 5.69 Å². The van der Waals surface area contributed by atoms with Crippen LogP contribution in [0, 0.1) is 5.92 Å². The lowest BCUT2D eigenvalue weighted by molar-refractivity contribution is -0.158. The Morgan fingerprint density at radius 2 is 1.61 bits per heavy atom. The van der Waals surface area contributed by atoms with Crippen LogP contribution in [0.5, 0.6) is 0 Å². The van der Waals surface area contributed by atoms with E-state index in [1.165, 1.54) is 25.1 Å². The number of rotatable bonds is 8. The maximum Gasteiger partial charge on any atom is 0.329 e.